The summed E-state index contributed by atoms with van der Waals surface area (Å²) < 4.78 is 20.5. The Balaban J connectivity index is 2.17. The monoisotopic (exact) mass is 498 g/mol. The highest BCUT2D eigenvalue weighted by atomic mass is 79.9. The van der Waals surface area contributed by atoms with E-state index in [4.69, 9.17) is 16.3 Å². The second kappa shape index (κ2) is 11.3. The SMILES string of the molecule is CC(C)CNC(=O)[C@H](C)N(Cc1ccccc1F)C(=O)COc1ccc(Br)cc1Cl. The average molecular weight is 500 g/mol. The van der Waals surface area contributed by atoms with Gasteiger partial charge >= 0.3 is 0 Å². The van der Waals surface area contributed by atoms with Crippen molar-refractivity contribution in [3.8, 4) is 5.75 Å². The molecule has 1 N–H and O–H groups in total. The Hall–Kier alpha value is -2.12. The van der Waals surface area contributed by atoms with Crippen molar-refractivity contribution in [1.29, 1.82) is 0 Å². The van der Waals surface area contributed by atoms with E-state index < -0.39 is 17.8 Å². The molecule has 2 amide bonds. The molecule has 0 aliphatic carbocycles. The third kappa shape index (κ3) is 6.99. The van der Waals surface area contributed by atoms with Gasteiger partial charge in [0.1, 0.15) is 17.6 Å². The fraction of sp³-hybridized carbons (Fsp3) is 0.364. The van der Waals surface area contributed by atoms with Gasteiger partial charge in [-0.05, 0) is 37.1 Å². The minimum Gasteiger partial charge on any atom is -0.482 e. The summed E-state index contributed by atoms with van der Waals surface area (Å²) in [6, 6.07) is 10.4. The predicted molar refractivity (Wildman–Crippen MR) is 119 cm³/mol. The van der Waals surface area contributed by atoms with Crippen molar-refractivity contribution in [1.82, 2.24) is 10.2 Å². The molecule has 0 saturated carbocycles. The lowest BCUT2D eigenvalue weighted by atomic mass is 10.1. The van der Waals surface area contributed by atoms with Crippen LogP contribution in [-0.2, 0) is 16.1 Å². The summed E-state index contributed by atoms with van der Waals surface area (Å²) in [5.74, 6) is -0.600. The largest absolute Gasteiger partial charge is 0.482 e. The first-order chi connectivity index (χ1) is 14.2. The number of ether oxygens (including phenoxy) is 1. The minimum absolute atomic E-state index is 0.0563. The Morgan fingerprint density at radius 2 is 1.90 bits per heavy atom. The molecule has 30 heavy (non-hydrogen) atoms. The van der Waals surface area contributed by atoms with Gasteiger partial charge in [0.15, 0.2) is 6.61 Å². The molecule has 0 aliphatic heterocycles. The number of amides is 2. The molecule has 2 rings (SSSR count). The molecule has 0 aromatic heterocycles. The molecule has 0 unspecified atom stereocenters. The number of halogens is 3. The molecular formula is C22H25BrClFN2O3. The summed E-state index contributed by atoms with van der Waals surface area (Å²) in [5, 5.41) is 3.16. The highest BCUT2D eigenvalue weighted by Gasteiger charge is 2.27. The number of carbonyl (C=O) groups excluding carboxylic acids is 2. The molecule has 2 aromatic carbocycles. The lowest BCUT2D eigenvalue weighted by molar-refractivity contribution is -0.142. The van der Waals surface area contributed by atoms with Crippen LogP contribution in [0.4, 0.5) is 4.39 Å². The summed E-state index contributed by atoms with van der Waals surface area (Å²) >= 11 is 9.44. The van der Waals surface area contributed by atoms with Gasteiger partial charge in [-0.25, -0.2) is 4.39 Å². The fourth-order valence-electron chi connectivity index (χ4n) is 2.66. The van der Waals surface area contributed by atoms with Gasteiger partial charge in [-0.15, -0.1) is 0 Å². The van der Waals surface area contributed by atoms with Gasteiger partial charge in [0.25, 0.3) is 5.91 Å². The number of hydrogen-bond donors (Lipinski definition) is 1. The van der Waals surface area contributed by atoms with Crippen LogP contribution in [0, 0.1) is 11.7 Å². The van der Waals surface area contributed by atoms with Crippen LogP contribution in [0.2, 0.25) is 5.02 Å². The summed E-state index contributed by atoms with van der Waals surface area (Å²) in [5.41, 5.74) is 0.316. The Kier molecular flexibility index (Phi) is 9.11. The van der Waals surface area contributed by atoms with Gasteiger partial charge in [-0.2, -0.15) is 0 Å². The smallest absolute Gasteiger partial charge is 0.261 e. The normalized spacial score (nSPS) is 11.8. The number of carbonyl (C=O) groups is 2. The van der Waals surface area contributed by atoms with E-state index in [-0.39, 0.29) is 25.0 Å². The van der Waals surface area contributed by atoms with Crippen molar-refractivity contribution in [2.75, 3.05) is 13.2 Å². The molecule has 2 aromatic rings. The molecule has 1 atom stereocenters. The average Bonchev–Trinajstić information content (AvgIpc) is 2.70. The molecule has 8 heteroatoms. The van der Waals surface area contributed by atoms with Gasteiger partial charge in [-0.3, -0.25) is 9.59 Å². The van der Waals surface area contributed by atoms with Gasteiger partial charge in [0.2, 0.25) is 5.91 Å². The maximum atomic E-state index is 14.2. The van der Waals surface area contributed by atoms with Crippen molar-refractivity contribution in [2.45, 2.75) is 33.4 Å². The van der Waals surface area contributed by atoms with Gasteiger partial charge < -0.3 is 15.0 Å². The Morgan fingerprint density at radius 1 is 1.20 bits per heavy atom. The zero-order valence-corrected chi connectivity index (χ0v) is 19.5. The van der Waals surface area contributed by atoms with E-state index >= 15 is 0 Å². The molecule has 0 radical (unpaired) electrons. The van der Waals surface area contributed by atoms with Crippen LogP contribution in [0.25, 0.3) is 0 Å². The topological polar surface area (TPSA) is 58.6 Å². The van der Waals surface area contributed by atoms with Crippen LogP contribution in [-0.4, -0.2) is 35.9 Å². The zero-order valence-electron chi connectivity index (χ0n) is 17.1. The highest BCUT2D eigenvalue weighted by molar-refractivity contribution is 9.10. The first-order valence-electron chi connectivity index (χ1n) is 9.57. The van der Waals surface area contributed by atoms with E-state index in [2.05, 4.69) is 21.2 Å². The number of nitrogens with zero attached hydrogens (tertiary/aromatic N) is 1. The van der Waals surface area contributed by atoms with E-state index in [1.807, 2.05) is 13.8 Å². The van der Waals surface area contributed by atoms with Crippen LogP contribution in [0.3, 0.4) is 0 Å². The van der Waals surface area contributed by atoms with Crippen molar-refractivity contribution in [2.24, 2.45) is 5.92 Å². The van der Waals surface area contributed by atoms with E-state index in [1.165, 1.54) is 11.0 Å². The van der Waals surface area contributed by atoms with Crippen LogP contribution in [0.15, 0.2) is 46.9 Å². The third-order valence-corrected chi connectivity index (χ3v) is 5.18. The van der Waals surface area contributed by atoms with Crippen molar-refractivity contribution in [3.63, 3.8) is 0 Å². The van der Waals surface area contributed by atoms with Crippen molar-refractivity contribution >= 4 is 39.3 Å². The number of hydrogen-bond acceptors (Lipinski definition) is 3. The van der Waals surface area contributed by atoms with Crippen LogP contribution < -0.4 is 10.1 Å². The Labute approximate surface area is 189 Å². The molecule has 0 saturated heterocycles. The number of nitrogens with one attached hydrogen (secondary N) is 1. The quantitative estimate of drug-likeness (QED) is 0.539. The minimum atomic E-state index is -0.806. The van der Waals surface area contributed by atoms with E-state index in [9.17, 15) is 14.0 Å². The maximum absolute atomic E-state index is 14.2. The molecule has 162 valence electrons. The first-order valence-corrected chi connectivity index (χ1v) is 10.7. The zero-order chi connectivity index (χ0) is 22.3. The van der Waals surface area contributed by atoms with Crippen LogP contribution >= 0.6 is 27.5 Å². The molecule has 0 aliphatic rings. The molecule has 0 fully saturated rings. The lowest BCUT2D eigenvalue weighted by Crippen LogP contribution is -2.49. The van der Waals surface area contributed by atoms with Crippen molar-refractivity contribution < 1.29 is 18.7 Å². The standard InChI is InChI=1S/C22H25BrClFN2O3/c1-14(2)11-26-22(29)15(3)27(12-16-6-4-5-7-19(16)25)21(28)13-30-20-9-8-17(23)10-18(20)24/h4-10,14-15H,11-13H2,1-3H3,(H,26,29)/t15-/m0/s1. The fourth-order valence-corrected chi connectivity index (χ4v) is 3.39. The molecular weight excluding hydrogens is 475 g/mol. The van der Waals surface area contributed by atoms with Gasteiger partial charge in [-0.1, -0.05) is 59.6 Å². The number of rotatable bonds is 9. The maximum Gasteiger partial charge on any atom is 0.261 e. The van der Waals surface area contributed by atoms with E-state index in [0.29, 0.717) is 22.9 Å². The summed E-state index contributed by atoms with van der Waals surface area (Å²) in [4.78, 5) is 26.8. The summed E-state index contributed by atoms with van der Waals surface area (Å²) in [6.07, 6.45) is 0. The molecule has 0 bridgehead atoms. The summed E-state index contributed by atoms with van der Waals surface area (Å²) in [7, 11) is 0. The molecule has 0 spiro atoms. The third-order valence-electron chi connectivity index (χ3n) is 4.40. The Morgan fingerprint density at radius 3 is 2.53 bits per heavy atom. The van der Waals surface area contributed by atoms with Crippen LogP contribution in [0.1, 0.15) is 26.3 Å². The first kappa shape index (κ1) is 24.2. The molecule has 0 heterocycles. The molecule has 5 nitrogen and oxygen atoms in total. The summed E-state index contributed by atoms with van der Waals surface area (Å²) in [6.45, 7) is 5.65. The van der Waals surface area contributed by atoms with E-state index in [0.717, 1.165) is 4.47 Å². The van der Waals surface area contributed by atoms with E-state index in [1.54, 1.807) is 43.3 Å². The second-order valence-electron chi connectivity index (χ2n) is 7.29. The second-order valence-corrected chi connectivity index (χ2v) is 8.61. The lowest BCUT2D eigenvalue weighted by Gasteiger charge is -2.29. The number of benzene rings is 2. The van der Waals surface area contributed by atoms with Gasteiger partial charge in [0, 0.05) is 23.1 Å². The van der Waals surface area contributed by atoms with Crippen LogP contribution in [0.5, 0.6) is 5.75 Å². The van der Waals surface area contributed by atoms with Gasteiger partial charge in [0.05, 0.1) is 5.02 Å². The Bertz CT molecular complexity index is 894. The van der Waals surface area contributed by atoms with Crippen molar-refractivity contribution in [3.05, 3.63) is 63.3 Å². The predicted octanol–water partition coefficient (Wildman–Crippen LogP) is 4.81. The highest BCUT2D eigenvalue weighted by Crippen LogP contribution is 2.27.